The number of aryl methyl sites for hydroxylation is 2. The van der Waals surface area contributed by atoms with E-state index in [0.717, 1.165) is 27.9 Å². The average Bonchev–Trinajstić information content (AvgIpc) is 3.39. The Bertz CT molecular complexity index is 1370. The van der Waals surface area contributed by atoms with E-state index >= 15 is 0 Å². The van der Waals surface area contributed by atoms with Gasteiger partial charge in [0.25, 0.3) is 0 Å². The van der Waals surface area contributed by atoms with Crippen molar-refractivity contribution in [3.63, 3.8) is 0 Å². The molecule has 0 radical (unpaired) electrons. The maximum atomic E-state index is 14.0. The van der Waals surface area contributed by atoms with Crippen LogP contribution in [-0.4, -0.2) is 37.2 Å². The molecule has 2 aliphatic heterocycles. The molecule has 0 unspecified atom stereocenters. The molecule has 8 heteroatoms. The van der Waals surface area contributed by atoms with Crippen LogP contribution >= 0.6 is 0 Å². The zero-order valence-electron chi connectivity index (χ0n) is 21.3. The number of fused-ring (bicyclic) bond motifs is 2. The molecule has 2 amide bonds. The predicted molar refractivity (Wildman–Crippen MR) is 141 cm³/mol. The molecule has 0 aromatic heterocycles. The topological polar surface area (TPSA) is 109 Å². The second-order valence-corrected chi connectivity index (χ2v) is 9.82. The Hall–Kier alpha value is -4.04. The van der Waals surface area contributed by atoms with Gasteiger partial charge in [0.1, 0.15) is 22.8 Å². The summed E-state index contributed by atoms with van der Waals surface area (Å²) in [4.78, 5) is 27.7. The van der Waals surface area contributed by atoms with E-state index in [4.69, 9.17) is 9.47 Å². The number of phenolic OH excluding ortho intramolecular Hbond substituents is 1. The minimum absolute atomic E-state index is 0.148. The van der Waals surface area contributed by atoms with Crippen LogP contribution in [0.4, 0.5) is 11.4 Å². The summed E-state index contributed by atoms with van der Waals surface area (Å²) in [5.74, 6) is 0.0669. The number of rotatable bonds is 6. The molecule has 0 aliphatic carbocycles. The van der Waals surface area contributed by atoms with Crippen molar-refractivity contribution in [3.05, 3.63) is 76.9 Å². The molecule has 3 aromatic rings. The van der Waals surface area contributed by atoms with Crippen LogP contribution in [0.3, 0.4) is 0 Å². The summed E-state index contributed by atoms with van der Waals surface area (Å²) >= 11 is 0. The molecule has 8 nitrogen and oxygen atoms in total. The first-order valence-corrected chi connectivity index (χ1v) is 12.3. The lowest BCUT2D eigenvalue weighted by molar-refractivity contribution is -0.130. The molecular formula is C29H31N3O5. The summed E-state index contributed by atoms with van der Waals surface area (Å²) in [6, 6.07) is 16.1. The van der Waals surface area contributed by atoms with Crippen molar-refractivity contribution < 1.29 is 24.2 Å². The zero-order valence-corrected chi connectivity index (χ0v) is 21.3. The number of hydrogen-bond donors (Lipinski definition) is 4. The van der Waals surface area contributed by atoms with Crippen LogP contribution in [-0.2, 0) is 21.5 Å². The number of nitrogens with one attached hydrogen (secondary N) is 3. The number of aromatic hydroxyl groups is 1. The third-order valence-electron chi connectivity index (χ3n) is 7.38. The highest BCUT2D eigenvalue weighted by atomic mass is 16.5. The number of benzene rings is 3. The second kappa shape index (κ2) is 9.44. The third-order valence-corrected chi connectivity index (χ3v) is 7.38. The molecule has 37 heavy (non-hydrogen) atoms. The molecule has 4 N–H and O–H groups in total. The molecule has 5 rings (SSSR count). The van der Waals surface area contributed by atoms with Gasteiger partial charge in [0.05, 0.1) is 25.8 Å². The van der Waals surface area contributed by atoms with E-state index < -0.39 is 11.5 Å². The van der Waals surface area contributed by atoms with Crippen molar-refractivity contribution in [2.75, 3.05) is 24.9 Å². The van der Waals surface area contributed by atoms with E-state index in [-0.39, 0.29) is 23.6 Å². The number of phenols is 1. The highest BCUT2D eigenvalue weighted by Gasteiger charge is 2.60. The maximum Gasteiger partial charge on any atom is 0.250 e. The highest BCUT2D eigenvalue weighted by molar-refractivity contribution is 6.11. The van der Waals surface area contributed by atoms with Gasteiger partial charge in [0.2, 0.25) is 11.8 Å². The fraction of sp³-hybridized carbons (Fsp3) is 0.310. The largest absolute Gasteiger partial charge is 0.508 e. The van der Waals surface area contributed by atoms with E-state index in [0.29, 0.717) is 30.0 Å². The Kier molecular flexibility index (Phi) is 6.29. The van der Waals surface area contributed by atoms with Crippen LogP contribution in [0, 0.1) is 19.8 Å². The second-order valence-electron chi connectivity index (χ2n) is 9.82. The molecule has 3 atom stereocenters. The highest BCUT2D eigenvalue weighted by Crippen LogP contribution is 2.49. The Labute approximate surface area is 216 Å². The van der Waals surface area contributed by atoms with Crippen molar-refractivity contribution in [3.8, 4) is 17.2 Å². The van der Waals surface area contributed by atoms with Crippen molar-refractivity contribution in [2.24, 2.45) is 5.92 Å². The predicted octanol–water partition coefficient (Wildman–Crippen LogP) is 4.03. The quantitative estimate of drug-likeness (QED) is 0.406. The monoisotopic (exact) mass is 501 g/mol. The van der Waals surface area contributed by atoms with Gasteiger partial charge >= 0.3 is 0 Å². The normalized spacial score (nSPS) is 22.0. The van der Waals surface area contributed by atoms with Gasteiger partial charge in [-0.15, -0.1) is 0 Å². The summed E-state index contributed by atoms with van der Waals surface area (Å²) in [6.07, 6.45) is 1.04. The first-order chi connectivity index (χ1) is 17.7. The smallest absolute Gasteiger partial charge is 0.250 e. The first-order valence-electron chi connectivity index (χ1n) is 12.3. The van der Waals surface area contributed by atoms with Crippen molar-refractivity contribution >= 4 is 23.2 Å². The van der Waals surface area contributed by atoms with Gasteiger partial charge in [-0.3, -0.25) is 14.9 Å². The number of ether oxygens (including phenoxy) is 2. The molecule has 1 saturated heterocycles. The van der Waals surface area contributed by atoms with Gasteiger partial charge < -0.3 is 25.2 Å². The molecule has 2 aliphatic rings. The van der Waals surface area contributed by atoms with E-state index in [1.54, 1.807) is 37.4 Å². The van der Waals surface area contributed by atoms with Crippen molar-refractivity contribution in [2.45, 2.75) is 38.3 Å². The Morgan fingerprint density at radius 3 is 2.54 bits per heavy atom. The van der Waals surface area contributed by atoms with Gasteiger partial charge in [-0.05, 0) is 62.1 Å². The van der Waals surface area contributed by atoms with Gasteiger partial charge in [-0.25, -0.2) is 0 Å². The van der Waals surface area contributed by atoms with Crippen LogP contribution in [0.1, 0.15) is 28.7 Å². The molecule has 1 spiro atoms. The fourth-order valence-corrected chi connectivity index (χ4v) is 5.70. The summed E-state index contributed by atoms with van der Waals surface area (Å²) in [6.45, 7) is 3.95. The fourth-order valence-electron chi connectivity index (χ4n) is 5.70. The number of methoxy groups -OCH3 is 2. The van der Waals surface area contributed by atoms with Gasteiger partial charge in [-0.2, -0.15) is 0 Å². The first kappa shape index (κ1) is 24.6. The number of amides is 2. The van der Waals surface area contributed by atoms with E-state index in [1.165, 1.54) is 7.11 Å². The van der Waals surface area contributed by atoms with E-state index in [2.05, 4.69) is 16.0 Å². The van der Waals surface area contributed by atoms with Gasteiger partial charge in [-0.1, -0.05) is 29.8 Å². The average molecular weight is 502 g/mol. The van der Waals surface area contributed by atoms with Crippen LogP contribution in [0.2, 0.25) is 0 Å². The van der Waals surface area contributed by atoms with Gasteiger partial charge in [0.15, 0.2) is 0 Å². The number of hydrogen-bond acceptors (Lipinski definition) is 6. The minimum Gasteiger partial charge on any atom is -0.508 e. The van der Waals surface area contributed by atoms with Crippen LogP contribution in [0.25, 0.3) is 0 Å². The lowest BCUT2D eigenvalue weighted by atomic mass is 9.78. The van der Waals surface area contributed by atoms with Crippen LogP contribution in [0.15, 0.2) is 54.6 Å². The maximum absolute atomic E-state index is 14.0. The Morgan fingerprint density at radius 1 is 1.08 bits per heavy atom. The van der Waals surface area contributed by atoms with Gasteiger partial charge in [0, 0.05) is 23.4 Å². The SMILES string of the molecule is COc1ccc(OC)c(NC(=O)[C@@H]2C[C@H](Cc3ccc(O)cc3)N[C@]23C(=O)Nc2c(C)cc(C)cc23)c1. The molecule has 0 bridgehead atoms. The van der Waals surface area contributed by atoms with Crippen LogP contribution in [0.5, 0.6) is 17.2 Å². The lowest BCUT2D eigenvalue weighted by Gasteiger charge is -2.30. The van der Waals surface area contributed by atoms with E-state index in [1.807, 2.05) is 38.1 Å². The van der Waals surface area contributed by atoms with Crippen LogP contribution < -0.4 is 25.4 Å². The summed E-state index contributed by atoms with van der Waals surface area (Å²) < 4.78 is 10.8. The van der Waals surface area contributed by atoms with E-state index in [9.17, 15) is 14.7 Å². The lowest BCUT2D eigenvalue weighted by Crippen LogP contribution is -2.52. The molecule has 2 heterocycles. The molecule has 1 fully saturated rings. The number of carbonyl (C=O) groups is 2. The number of carbonyl (C=O) groups excluding carboxylic acids is 2. The zero-order chi connectivity index (χ0) is 26.3. The molecule has 3 aromatic carbocycles. The third kappa shape index (κ3) is 4.27. The minimum atomic E-state index is -1.22. The summed E-state index contributed by atoms with van der Waals surface area (Å²) in [7, 11) is 3.09. The Balaban J connectivity index is 1.55. The number of anilines is 2. The summed E-state index contributed by atoms with van der Waals surface area (Å²) in [5.41, 5.74) is 3.78. The summed E-state index contributed by atoms with van der Waals surface area (Å²) in [5, 5.41) is 19.3. The van der Waals surface area contributed by atoms with Crippen molar-refractivity contribution in [1.82, 2.24) is 5.32 Å². The Morgan fingerprint density at radius 2 is 1.84 bits per heavy atom. The molecule has 192 valence electrons. The molecular weight excluding hydrogens is 470 g/mol. The standard InChI is InChI=1S/C29H31N3O5/c1-16-11-17(2)26-22(12-16)29(28(35)31-26)23(14-19(32-29)13-18-5-7-20(33)8-6-18)27(34)30-24-15-21(36-3)9-10-25(24)37-4/h5-12,15,19,23,32-33H,13-14H2,1-4H3,(H,30,34)(H,31,35)/t19-,23-,29-/m0/s1. The van der Waals surface area contributed by atoms with Crippen molar-refractivity contribution in [1.29, 1.82) is 0 Å². The molecule has 0 saturated carbocycles.